The summed E-state index contributed by atoms with van der Waals surface area (Å²) in [4.78, 5) is 13.4. The summed E-state index contributed by atoms with van der Waals surface area (Å²) in [5, 5.41) is 1.03. The van der Waals surface area contributed by atoms with Crippen molar-refractivity contribution in [1.29, 1.82) is 0 Å². The Kier molecular flexibility index (Phi) is 4.62. The Morgan fingerprint density at radius 1 is 0.679 bits per heavy atom. The molecule has 0 saturated heterocycles. The molecule has 0 bridgehead atoms. The van der Waals surface area contributed by atoms with Gasteiger partial charge in [0.05, 0.1) is 25.3 Å². The maximum absolute atomic E-state index is 13.4. The molecular formula is C24H21NO3. The van der Waals surface area contributed by atoms with E-state index in [2.05, 4.69) is 6.07 Å². The van der Waals surface area contributed by atoms with E-state index >= 15 is 0 Å². The molecule has 4 rings (SSSR count). The first-order chi connectivity index (χ1) is 13.6. The van der Waals surface area contributed by atoms with Gasteiger partial charge in [0.15, 0.2) is 0 Å². The summed E-state index contributed by atoms with van der Waals surface area (Å²) in [5.41, 5.74) is 4.30. The fourth-order valence-corrected chi connectivity index (χ4v) is 3.58. The number of hydrogen-bond donors (Lipinski definition) is 0. The summed E-state index contributed by atoms with van der Waals surface area (Å²) in [6.07, 6.45) is 0. The third-order valence-electron chi connectivity index (χ3n) is 5.06. The molecule has 0 atom stereocenters. The topological polar surface area (TPSA) is 40.5 Å². The SMILES string of the molecule is COc1ccc(-c2c(-c3ccc(OC)cc3)c3ccccc3n(C)c2=O)cc1. The third kappa shape index (κ3) is 2.93. The van der Waals surface area contributed by atoms with E-state index in [0.29, 0.717) is 5.56 Å². The predicted octanol–water partition coefficient (Wildman–Crippen LogP) is 4.89. The van der Waals surface area contributed by atoms with Crippen molar-refractivity contribution in [3.63, 3.8) is 0 Å². The molecule has 4 heteroatoms. The highest BCUT2D eigenvalue weighted by molar-refractivity contribution is 6.02. The third-order valence-corrected chi connectivity index (χ3v) is 5.06. The largest absolute Gasteiger partial charge is 0.497 e. The van der Waals surface area contributed by atoms with Crippen LogP contribution >= 0.6 is 0 Å². The Hall–Kier alpha value is -3.53. The van der Waals surface area contributed by atoms with Crippen LogP contribution in [0.5, 0.6) is 11.5 Å². The average molecular weight is 371 g/mol. The number of pyridine rings is 1. The molecule has 0 aliphatic heterocycles. The second kappa shape index (κ2) is 7.24. The van der Waals surface area contributed by atoms with Gasteiger partial charge < -0.3 is 14.0 Å². The van der Waals surface area contributed by atoms with Gasteiger partial charge in [-0.15, -0.1) is 0 Å². The quantitative estimate of drug-likeness (QED) is 0.513. The van der Waals surface area contributed by atoms with Gasteiger partial charge in [0.2, 0.25) is 0 Å². The van der Waals surface area contributed by atoms with Crippen LogP contribution in [0.3, 0.4) is 0 Å². The molecule has 0 aliphatic rings. The van der Waals surface area contributed by atoms with Gasteiger partial charge in [-0.05, 0) is 41.5 Å². The van der Waals surface area contributed by atoms with Crippen molar-refractivity contribution < 1.29 is 9.47 Å². The monoisotopic (exact) mass is 371 g/mol. The van der Waals surface area contributed by atoms with E-state index < -0.39 is 0 Å². The molecule has 28 heavy (non-hydrogen) atoms. The number of hydrogen-bond acceptors (Lipinski definition) is 3. The number of para-hydroxylation sites is 1. The summed E-state index contributed by atoms with van der Waals surface area (Å²) in [6, 6.07) is 23.4. The molecule has 0 N–H and O–H groups in total. The lowest BCUT2D eigenvalue weighted by atomic mass is 9.92. The van der Waals surface area contributed by atoms with Gasteiger partial charge in [0.25, 0.3) is 5.56 Å². The zero-order valence-corrected chi connectivity index (χ0v) is 16.1. The van der Waals surface area contributed by atoms with Crippen molar-refractivity contribution in [2.45, 2.75) is 0 Å². The van der Waals surface area contributed by atoms with Crippen molar-refractivity contribution in [2.75, 3.05) is 14.2 Å². The highest BCUT2D eigenvalue weighted by atomic mass is 16.5. The second-order valence-electron chi connectivity index (χ2n) is 6.59. The maximum atomic E-state index is 13.4. The van der Waals surface area contributed by atoms with Gasteiger partial charge in [-0.1, -0.05) is 42.5 Å². The van der Waals surface area contributed by atoms with Crippen LogP contribution in [0.15, 0.2) is 77.6 Å². The van der Waals surface area contributed by atoms with Crippen LogP contribution in [-0.2, 0) is 7.05 Å². The van der Waals surface area contributed by atoms with Crippen molar-refractivity contribution in [2.24, 2.45) is 7.05 Å². The molecule has 0 fully saturated rings. The zero-order chi connectivity index (χ0) is 19.7. The van der Waals surface area contributed by atoms with Crippen LogP contribution in [0, 0.1) is 0 Å². The van der Waals surface area contributed by atoms with Gasteiger partial charge in [0.1, 0.15) is 11.5 Å². The predicted molar refractivity (Wildman–Crippen MR) is 113 cm³/mol. The molecule has 0 saturated carbocycles. The number of aromatic nitrogens is 1. The van der Waals surface area contributed by atoms with Crippen LogP contribution in [0.2, 0.25) is 0 Å². The average Bonchev–Trinajstić information content (AvgIpc) is 2.76. The molecule has 0 amide bonds. The molecule has 0 spiro atoms. The molecule has 0 aliphatic carbocycles. The first kappa shape index (κ1) is 17.9. The summed E-state index contributed by atoms with van der Waals surface area (Å²) < 4.78 is 12.3. The normalized spacial score (nSPS) is 10.8. The molecule has 1 heterocycles. The molecule has 4 aromatic rings. The highest BCUT2D eigenvalue weighted by Crippen LogP contribution is 2.36. The summed E-state index contributed by atoms with van der Waals surface area (Å²) >= 11 is 0. The number of benzene rings is 3. The van der Waals surface area contributed by atoms with E-state index in [0.717, 1.165) is 39.1 Å². The number of methoxy groups -OCH3 is 2. The molecule has 140 valence electrons. The van der Waals surface area contributed by atoms with E-state index in [9.17, 15) is 4.79 Å². The van der Waals surface area contributed by atoms with E-state index in [4.69, 9.17) is 9.47 Å². The number of ether oxygens (including phenoxy) is 2. The Labute approximate surface area is 163 Å². The second-order valence-corrected chi connectivity index (χ2v) is 6.59. The summed E-state index contributed by atoms with van der Waals surface area (Å²) in [5.74, 6) is 1.54. The van der Waals surface area contributed by atoms with Crippen LogP contribution < -0.4 is 15.0 Å². The van der Waals surface area contributed by atoms with Gasteiger partial charge >= 0.3 is 0 Å². The minimum Gasteiger partial charge on any atom is -0.497 e. The molecule has 0 unspecified atom stereocenters. The van der Waals surface area contributed by atoms with Gasteiger partial charge in [-0.3, -0.25) is 4.79 Å². The first-order valence-electron chi connectivity index (χ1n) is 9.04. The van der Waals surface area contributed by atoms with E-state index in [-0.39, 0.29) is 5.56 Å². The van der Waals surface area contributed by atoms with Crippen LogP contribution in [-0.4, -0.2) is 18.8 Å². The first-order valence-corrected chi connectivity index (χ1v) is 9.04. The Morgan fingerprint density at radius 3 is 1.71 bits per heavy atom. The zero-order valence-electron chi connectivity index (χ0n) is 16.1. The minimum atomic E-state index is -0.0327. The Balaban J connectivity index is 2.09. The Morgan fingerprint density at radius 2 is 1.18 bits per heavy atom. The van der Waals surface area contributed by atoms with Crippen molar-refractivity contribution in [3.05, 3.63) is 83.2 Å². The summed E-state index contributed by atoms with van der Waals surface area (Å²) in [6.45, 7) is 0. The summed E-state index contributed by atoms with van der Waals surface area (Å²) in [7, 11) is 5.09. The van der Waals surface area contributed by atoms with Gasteiger partial charge in [-0.2, -0.15) is 0 Å². The lowest BCUT2D eigenvalue weighted by molar-refractivity contribution is 0.414. The fraction of sp³-hybridized carbons (Fsp3) is 0.125. The van der Waals surface area contributed by atoms with E-state index in [1.807, 2.05) is 73.8 Å². The number of nitrogens with zero attached hydrogens (tertiary/aromatic N) is 1. The maximum Gasteiger partial charge on any atom is 0.259 e. The smallest absolute Gasteiger partial charge is 0.259 e. The van der Waals surface area contributed by atoms with Crippen LogP contribution in [0.25, 0.3) is 33.2 Å². The molecule has 0 radical (unpaired) electrons. The number of fused-ring (bicyclic) bond motifs is 1. The van der Waals surface area contributed by atoms with Crippen molar-refractivity contribution >= 4 is 10.9 Å². The van der Waals surface area contributed by atoms with Crippen molar-refractivity contribution in [1.82, 2.24) is 4.57 Å². The van der Waals surface area contributed by atoms with Crippen LogP contribution in [0.1, 0.15) is 0 Å². The Bertz CT molecular complexity index is 1190. The lowest BCUT2D eigenvalue weighted by Crippen LogP contribution is -2.20. The molecule has 1 aromatic heterocycles. The number of aryl methyl sites for hydroxylation is 1. The lowest BCUT2D eigenvalue weighted by Gasteiger charge is -2.17. The van der Waals surface area contributed by atoms with Gasteiger partial charge in [0, 0.05) is 18.0 Å². The van der Waals surface area contributed by atoms with Gasteiger partial charge in [-0.25, -0.2) is 0 Å². The molecular weight excluding hydrogens is 350 g/mol. The number of rotatable bonds is 4. The van der Waals surface area contributed by atoms with Crippen LogP contribution in [0.4, 0.5) is 0 Å². The molecule has 3 aromatic carbocycles. The van der Waals surface area contributed by atoms with E-state index in [1.165, 1.54) is 0 Å². The fourth-order valence-electron chi connectivity index (χ4n) is 3.58. The molecule has 4 nitrogen and oxygen atoms in total. The standard InChI is InChI=1S/C24H21NO3/c1-25-21-7-5-4-6-20(21)22(16-8-12-18(27-2)13-9-16)23(24(25)26)17-10-14-19(28-3)15-11-17/h4-15H,1-3H3. The van der Waals surface area contributed by atoms with Crippen molar-refractivity contribution in [3.8, 4) is 33.8 Å². The highest BCUT2D eigenvalue weighted by Gasteiger charge is 2.18. The minimum absolute atomic E-state index is 0.0327. The van der Waals surface area contributed by atoms with E-state index in [1.54, 1.807) is 18.8 Å².